The fraction of sp³-hybridized carbons (Fsp3) is 0.176. The van der Waals surface area contributed by atoms with Crippen molar-refractivity contribution in [3.8, 4) is 10.6 Å². The van der Waals surface area contributed by atoms with Crippen LogP contribution in [0.25, 0.3) is 10.6 Å². The van der Waals surface area contributed by atoms with E-state index in [2.05, 4.69) is 46.0 Å². The SMILES string of the molecule is c1cncc(-c2nc(C3NCCc4ccccc43)cs2)c1. The van der Waals surface area contributed by atoms with Crippen LogP contribution in [0.2, 0.25) is 0 Å². The third-order valence-corrected chi connectivity index (χ3v) is 4.74. The number of thiazole rings is 1. The van der Waals surface area contributed by atoms with Crippen LogP contribution >= 0.6 is 11.3 Å². The predicted molar refractivity (Wildman–Crippen MR) is 85.3 cm³/mol. The van der Waals surface area contributed by atoms with Crippen LogP contribution in [-0.4, -0.2) is 16.5 Å². The Kier molecular flexibility index (Phi) is 3.25. The van der Waals surface area contributed by atoms with Gasteiger partial charge in [-0.15, -0.1) is 11.3 Å². The van der Waals surface area contributed by atoms with Gasteiger partial charge in [-0.3, -0.25) is 4.98 Å². The van der Waals surface area contributed by atoms with Gasteiger partial charge in [-0.1, -0.05) is 24.3 Å². The van der Waals surface area contributed by atoms with E-state index in [1.807, 2.05) is 12.3 Å². The third-order valence-electron chi connectivity index (χ3n) is 3.84. The molecular formula is C17H15N3S. The van der Waals surface area contributed by atoms with E-state index in [9.17, 15) is 0 Å². The number of rotatable bonds is 2. The largest absolute Gasteiger partial charge is 0.305 e. The number of nitrogens with one attached hydrogen (secondary N) is 1. The van der Waals surface area contributed by atoms with Crippen LogP contribution in [0.3, 0.4) is 0 Å². The van der Waals surface area contributed by atoms with Crippen LogP contribution in [0.15, 0.2) is 54.2 Å². The number of hydrogen-bond donors (Lipinski definition) is 1. The lowest BCUT2D eigenvalue weighted by Crippen LogP contribution is -2.30. The molecule has 0 fully saturated rings. The molecular weight excluding hydrogens is 278 g/mol. The van der Waals surface area contributed by atoms with Crippen molar-refractivity contribution in [1.29, 1.82) is 0 Å². The Morgan fingerprint density at radius 3 is 3.00 bits per heavy atom. The molecule has 21 heavy (non-hydrogen) atoms. The molecule has 3 aromatic rings. The minimum absolute atomic E-state index is 0.205. The molecule has 0 bridgehead atoms. The molecule has 1 N–H and O–H groups in total. The van der Waals surface area contributed by atoms with Crippen LogP contribution in [0.5, 0.6) is 0 Å². The van der Waals surface area contributed by atoms with Gasteiger partial charge in [0, 0.05) is 29.9 Å². The van der Waals surface area contributed by atoms with Crippen molar-refractivity contribution in [2.24, 2.45) is 0 Å². The van der Waals surface area contributed by atoms with Gasteiger partial charge in [0.1, 0.15) is 5.01 Å². The van der Waals surface area contributed by atoms with Gasteiger partial charge in [-0.25, -0.2) is 4.98 Å². The molecule has 1 unspecified atom stereocenters. The second kappa shape index (κ2) is 5.39. The highest BCUT2D eigenvalue weighted by Crippen LogP contribution is 2.31. The lowest BCUT2D eigenvalue weighted by molar-refractivity contribution is 0.559. The molecule has 3 heterocycles. The number of fused-ring (bicyclic) bond motifs is 1. The van der Waals surface area contributed by atoms with Gasteiger partial charge in [0.2, 0.25) is 0 Å². The number of benzene rings is 1. The number of hydrogen-bond acceptors (Lipinski definition) is 4. The van der Waals surface area contributed by atoms with E-state index in [1.54, 1.807) is 17.5 Å². The topological polar surface area (TPSA) is 37.8 Å². The zero-order valence-electron chi connectivity index (χ0n) is 11.5. The van der Waals surface area contributed by atoms with E-state index in [4.69, 9.17) is 4.98 Å². The Hall–Kier alpha value is -2.04. The van der Waals surface area contributed by atoms with Crippen molar-refractivity contribution in [2.75, 3.05) is 6.54 Å². The van der Waals surface area contributed by atoms with Gasteiger partial charge in [0.25, 0.3) is 0 Å². The van der Waals surface area contributed by atoms with Crippen molar-refractivity contribution < 1.29 is 0 Å². The van der Waals surface area contributed by atoms with Crippen LogP contribution in [-0.2, 0) is 6.42 Å². The summed E-state index contributed by atoms with van der Waals surface area (Å²) in [6, 6.07) is 12.8. The average Bonchev–Trinajstić information content (AvgIpc) is 3.05. The summed E-state index contributed by atoms with van der Waals surface area (Å²) >= 11 is 1.68. The molecule has 1 aliphatic rings. The summed E-state index contributed by atoms with van der Waals surface area (Å²) in [5.74, 6) is 0. The molecule has 4 heteroatoms. The van der Waals surface area contributed by atoms with Gasteiger partial charge in [-0.05, 0) is 29.7 Å². The smallest absolute Gasteiger partial charge is 0.125 e. The maximum atomic E-state index is 4.82. The Labute approximate surface area is 127 Å². The lowest BCUT2D eigenvalue weighted by Gasteiger charge is -2.25. The highest BCUT2D eigenvalue weighted by molar-refractivity contribution is 7.13. The molecule has 104 valence electrons. The van der Waals surface area contributed by atoms with Gasteiger partial charge in [0.15, 0.2) is 0 Å². The van der Waals surface area contributed by atoms with Gasteiger partial charge in [0.05, 0.1) is 11.7 Å². The average molecular weight is 293 g/mol. The Bertz CT molecular complexity index is 751. The second-order valence-corrected chi connectivity index (χ2v) is 6.01. The molecule has 1 atom stereocenters. The van der Waals surface area contributed by atoms with Gasteiger partial charge in [-0.2, -0.15) is 0 Å². The zero-order valence-corrected chi connectivity index (χ0v) is 12.3. The van der Waals surface area contributed by atoms with E-state index in [1.165, 1.54) is 11.1 Å². The Morgan fingerprint density at radius 2 is 2.10 bits per heavy atom. The number of pyridine rings is 1. The van der Waals surface area contributed by atoms with E-state index in [-0.39, 0.29) is 6.04 Å². The summed E-state index contributed by atoms with van der Waals surface area (Å²) in [7, 11) is 0. The van der Waals surface area contributed by atoms with Gasteiger partial charge >= 0.3 is 0 Å². The fourth-order valence-electron chi connectivity index (χ4n) is 2.81. The van der Waals surface area contributed by atoms with Crippen molar-refractivity contribution in [3.63, 3.8) is 0 Å². The van der Waals surface area contributed by atoms with Crippen LogP contribution in [0, 0.1) is 0 Å². The molecule has 3 nitrogen and oxygen atoms in total. The molecule has 4 rings (SSSR count). The summed E-state index contributed by atoms with van der Waals surface area (Å²) < 4.78 is 0. The second-order valence-electron chi connectivity index (χ2n) is 5.16. The van der Waals surface area contributed by atoms with Crippen LogP contribution in [0.4, 0.5) is 0 Å². The van der Waals surface area contributed by atoms with E-state index in [0.29, 0.717) is 0 Å². The molecule has 1 aromatic carbocycles. The van der Waals surface area contributed by atoms with Gasteiger partial charge < -0.3 is 5.32 Å². The summed E-state index contributed by atoms with van der Waals surface area (Å²) in [5.41, 5.74) is 4.97. The van der Waals surface area contributed by atoms with E-state index >= 15 is 0 Å². The molecule has 0 saturated heterocycles. The lowest BCUT2D eigenvalue weighted by atomic mass is 9.93. The van der Waals surface area contributed by atoms with Crippen molar-refractivity contribution in [2.45, 2.75) is 12.5 Å². The molecule has 0 amide bonds. The zero-order chi connectivity index (χ0) is 14.1. The standard InChI is InChI=1S/C17H15N3S/c1-2-6-14-12(4-1)7-9-19-16(14)15-11-21-17(20-15)13-5-3-8-18-10-13/h1-6,8,10-11,16,19H,7,9H2. The summed E-state index contributed by atoms with van der Waals surface area (Å²) in [5, 5.41) is 6.77. The fourth-order valence-corrected chi connectivity index (χ4v) is 3.65. The first-order valence-corrected chi connectivity index (χ1v) is 7.97. The molecule has 0 saturated carbocycles. The van der Waals surface area contributed by atoms with Crippen LogP contribution < -0.4 is 5.32 Å². The molecule has 0 radical (unpaired) electrons. The quantitative estimate of drug-likeness (QED) is 0.786. The molecule has 0 aliphatic carbocycles. The van der Waals surface area contributed by atoms with Crippen LogP contribution in [0.1, 0.15) is 22.9 Å². The van der Waals surface area contributed by atoms with Crippen molar-refractivity contribution in [1.82, 2.24) is 15.3 Å². The monoisotopic (exact) mass is 293 g/mol. The normalized spacial score (nSPS) is 17.4. The first-order valence-electron chi connectivity index (χ1n) is 7.09. The highest BCUT2D eigenvalue weighted by Gasteiger charge is 2.23. The Balaban J connectivity index is 1.71. The highest BCUT2D eigenvalue weighted by atomic mass is 32.1. The first-order chi connectivity index (χ1) is 10.4. The maximum absolute atomic E-state index is 4.82. The predicted octanol–water partition coefficient (Wildman–Crippen LogP) is 3.44. The molecule has 0 spiro atoms. The third kappa shape index (κ3) is 2.37. The number of aromatic nitrogens is 2. The summed E-state index contributed by atoms with van der Waals surface area (Å²) in [6.45, 7) is 1.00. The summed E-state index contributed by atoms with van der Waals surface area (Å²) in [6.07, 6.45) is 4.74. The minimum Gasteiger partial charge on any atom is -0.305 e. The minimum atomic E-state index is 0.205. The summed E-state index contributed by atoms with van der Waals surface area (Å²) in [4.78, 5) is 8.99. The molecule has 1 aliphatic heterocycles. The van der Waals surface area contributed by atoms with E-state index in [0.717, 1.165) is 29.2 Å². The Morgan fingerprint density at radius 1 is 1.14 bits per heavy atom. The van der Waals surface area contributed by atoms with E-state index < -0.39 is 0 Å². The number of nitrogens with zero attached hydrogens (tertiary/aromatic N) is 2. The van der Waals surface area contributed by atoms with Crippen molar-refractivity contribution in [3.05, 3.63) is 71.0 Å². The molecule has 2 aromatic heterocycles. The first kappa shape index (κ1) is 12.7. The maximum Gasteiger partial charge on any atom is 0.125 e. The van der Waals surface area contributed by atoms with Crippen molar-refractivity contribution >= 4 is 11.3 Å².